The number of amides is 2. The van der Waals surface area contributed by atoms with Gasteiger partial charge in [0.2, 0.25) is 0 Å². The number of para-hydroxylation sites is 2. The number of benzene rings is 1. The van der Waals surface area contributed by atoms with Crippen molar-refractivity contribution in [1.82, 2.24) is 5.32 Å². The molecule has 1 aromatic rings. The van der Waals surface area contributed by atoms with E-state index in [0.29, 0.717) is 18.9 Å². The van der Waals surface area contributed by atoms with Gasteiger partial charge in [-0.2, -0.15) is 0 Å². The number of carbonyl (C=O) groups is 1. The minimum atomic E-state index is -0.365. The fourth-order valence-corrected chi connectivity index (χ4v) is 1.68. The summed E-state index contributed by atoms with van der Waals surface area (Å²) in [6.45, 7) is 1.41. The Morgan fingerprint density at radius 2 is 2.00 bits per heavy atom. The van der Waals surface area contributed by atoms with E-state index in [2.05, 4.69) is 10.6 Å². The van der Waals surface area contributed by atoms with E-state index in [0.717, 1.165) is 18.4 Å². The molecule has 1 heterocycles. The van der Waals surface area contributed by atoms with E-state index < -0.39 is 0 Å². The fourth-order valence-electron chi connectivity index (χ4n) is 1.68. The highest BCUT2D eigenvalue weighted by Gasteiger charge is 2.07. The van der Waals surface area contributed by atoms with Crippen LogP contribution in [0.3, 0.4) is 0 Å². The topological polar surface area (TPSA) is 70.6 Å². The fraction of sp³-hybridized carbons (Fsp3) is 0.308. The summed E-state index contributed by atoms with van der Waals surface area (Å²) in [5.41, 5.74) is 1.55. The first-order valence-corrected chi connectivity index (χ1v) is 5.87. The van der Waals surface area contributed by atoms with Gasteiger partial charge in [0.05, 0.1) is 18.9 Å². The van der Waals surface area contributed by atoms with Crippen molar-refractivity contribution < 1.29 is 14.6 Å². The second-order valence-electron chi connectivity index (χ2n) is 4.03. The normalized spacial score (nSPS) is 15.0. The zero-order valence-electron chi connectivity index (χ0n) is 9.98. The number of aromatic hydroxyl groups is 1. The lowest BCUT2D eigenvalue weighted by molar-refractivity contribution is 0.119. The largest absolute Gasteiger partial charge is 0.506 e. The van der Waals surface area contributed by atoms with Crippen molar-refractivity contribution in [3.05, 3.63) is 36.0 Å². The van der Waals surface area contributed by atoms with Gasteiger partial charge in [-0.05, 0) is 30.5 Å². The number of phenols is 1. The molecule has 2 amide bonds. The first-order chi connectivity index (χ1) is 8.75. The molecular formula is C13H16N2O3. The number of nitrogens with one attached hydrogen (secondary N) is 2. The number of hydrogen-bond acceptors (Lipinski definition) is 3. The SMILES string of the molecule is O=C(NC=C1CCOCC1)Nc1ccccc1O. The van der Waals surface area contributed by atoms with Crippen molar-refractivity contribution in [1.29, 1.82) is 0 Å². The molecule has 0 aromatic heterocycles. The van der Waals surface area contributed by atoms with Crippen molar-refractivity contribution in [3.63, 3.8) is 0 Å². The lowest BCUT2D eigenvalue weighted by Crippen LogP contribution is -2.25. The minimum absolute atomic E-state index is 0.0476. The minimum Gasteiger partial charge on any atom is -0.506 e. The van der Waals surface area contributed by atoms with Gasteiger partial charge in [0, 0.05) is 6.20 Å². The maximum Gasteiger partial charge on any atom is 0.323 e. The second-order valence-corrected chi connectivity index (χ2v) is 4.03. The zero-order chi connectivity index (χ0) is 12.8. The van der Waals surface area contributed by atoms with Gasteiger partial charge >= 0.3 is 6.03 Å². The van der Waals surface area contributed by atoms with Gasteiger partial charge in [-0.25, -0.2) is 4.79 Å². The van der Waals surface area contributed by atoms with Crippen LogP contribution in [0.4, 0.5) is 10.5 Å². The molecule has 1 aliphatic heterocycles. The van der Waals surface area contributed by atoms with Gasteiger partial charge in [-0.1, -0.05) is 12.1 Å². The molecule has 3 N–H and O–H groups in total. The van der Waals surface area contributed by atoms with Crippen LogP contribution in [0.1, 0.15) is 12.8 Å². The van der Waals surface area contributed by atoms with Crippen LogP contribution in [-0.4, -0.2) is 24.4 Å². The quantitative estimate of drug-likeness (QED) is 0.703. The summed E-state index contributed by atoms with van der Waals surface area (Å²) in [6, 6.07) is 6.23. The number of rotatable bonds is 2. The van der Waals surface area contributed by atoms with Crippen LogP contribution in [0.5, 0.6) is 5.75 Å². The number of ether oxygens (including phenoxy) is 1. The molecule has 2 rings (SSSR count). The van der Waals surface area contributed by atoms with E-state index in [9.17, 15) is 9.90 Å². The maximum atomic E-state index is 11.6. The Morgan fingerprint density at radius 3 is 2.72 bits per heavy atom. The second kappa shape index (κ2) is 6.07. The van der Waals surface area contributed by atoms with Crippen molar-refractivity contribution in [2.45, 2.75) is 12.8 Å². The molecule has 1 fully saturated rings. The Bertz CT molecular complexity index is 449. The highest BCUT2D eigenvalue weighted by molar-refractivity contribution is 5.91. The standard InChI is InChI=1S/C13H16N2O3/c16-12-4-2-1-3-11(12)15-13(17)14-9-10-5-7-18-8-6-10/h1-4,9,16H,5-8H2,(H2,14,15,17). The molecule has 0 radical (unpaired) electrons. The summed E-state index contributed by atoms with van der Waals surface area (Å²) >= 11 is 0. The maximum absolute atomic E-state index is 11.6. The van der Waals surface area contributed by atoms with Gasteiger partial charge in [-0.3, -0.25) is 0 Å². The summed E-state index contributed by atoms with van der Waals surface area (Å²) in [5, 5.41) is 14.7. The summed E-state index contributed by atoms with van der Waals surface area (Å²) < 4.78 is 5.22. The Hall–Kier alpha value is -2.01. The van der Waals surface area contributed by atoms with Crippen molar-refractivity contribution in [2.24, 2.45) is 0 Å². The molecule has 18 heavy (non-hydrogen) atoms. The average Bonchev–Trinajstić information content (AvgIpc) is 2.40. The molecule has 1 aromatic carbocycles. The van der Waals surface area contributed by atoms with Crippen LogP contribution >= 0.6 is 0 Å². The molecule has 5 nitrogen and oxygen atoms in total. The molecule has 0 unspecified atom stereocenters. The predicted octanol–water partition coefficient (Wildman–Crippen LogP) is 2.21. The first kappa shape index (κ1) is 12.4. The third-order valence-electron chi connectivity index (χ3n) is 2.69. The molecule has 1 saturated heterocycles. The van der Waals surface area contributed by atoms with Gasteiger partial charge in [-0.15, -0.1) is 0 Å². The van der Waals surface area contributed by atoms with Crippen LogP contribution in [-0.2, 0) is 4.74 Å². The molecule has 5 heteroatoms. The van der Waals surface area contributed by atoms with Crippen LogP contribution in [0.25, 0.3) is 0 Å². The lowest BCUT2D eigenvalue weighted by atomic mass is 10.1. The number of carbonyl (C=O) groups excluding carboxylic acids is 1. The number of anilines is 1. The Morgan fingerprint density at radius 1 is 1.28 bits per heavy atom. The van der Waals surface area contributed by atoms with E-state index in [1.54, 1.807) is 24.4 Å². The van der Waals surface area contributed by atoms with E-state index in [1.165, 1.54) is 6.07 Å². The van der Waals surface area contributed by atoms with Crippen LogP contribution < -0.4 is 10.6 Å². The van der Waals surface area contributed by atoms with Crippen molar-refractivity contribution in [2.75, 3.05) is 18.5 Å². The molecule has 1 aliphatic rings. The van der Waals surface area contributed by atoms with Crippen LogP contribution in [0.15, 0.2) is 36.0 Å². The average molecular weight is 248 g/mol. The third kappa shape index (κ3) is 3.49. The summed E-state index contributed by atoms with van der Waals surface area (Å²) in [5.74, 6) is 0.0476. The van der Waals surface area contributed by atoms with Crippen molar-refractivity contribution >= 4 is 11.7 Å². The summed E-state index contributed by atoms with van der Waals surface area (Å²) in [7, 11) is 0. The van der Waals surface area contributed by atoms with Crippen molar-refractivity contribution in [3.8, 4) is 5.75 Å². The first-order valence-electron chi connectivity index (χ1n) is 5.87. The third-order valence-corrected chi connectivity index (χ3v) is 2.69. The molecule has 0 saturated carbocycles. The van der Waals surface area contributed by atoms with Gasteiger partial charge in [0.15, 0.2) is 0 Å². The zero-order valence-corrected chi connectivity index (χ0v) is 9.98. The van der Waals surface area contributed by atoms with E-state index >= 15 is 0 Å². The molecule has 0 spiro atoms. The van der Waals surface area contributed by atoms with Gasteiger partial charge in [0.1, 0.15) is 5.75 Å². The number of urea groups is 1. The lowest BCUT2D eigenvalue weighted by Gasteiger charge is -2.14. The van der Waals surface area contributed by atoms with E-state index in [4.69, 9.17) is 4.74 Å². The smallest absolute Gasteiger partial charge is 0.323 e. The highest BCUT2D eigenvalue weighted by Crippen LogP contribution is 2.21. The van der Waals surface area contributed by atoms with Crippen LogP contribution in [0, 0.1) is 0 Å². The molecule has 96 valence electrons. The summed E-state index contributed by atoms with van der Waals surface area (Å²) in [6.07, 6.45) is 3.39. The summed E-state index contributed by atoms with van der Waals surface area (Å²) in [4.78, 5) is 11.6. The molecular weight excluding hydrogens is 232 g/mol. The predicted molar refractivity (Wildman–Crippen MR) is 68.4 cm³/mol. The number of phenolic OH excluding ortho intramolecular Hbond substituents is 1. The molecule has 0 bridgehead atoms. The van der Waals surface area contributed by atoms with Gasteiger partial charge < -0.3 is 20.5 Å². The Balaban J connectivity index is 1.87. The Labute approximate surface area is 105 Å². The Kier molecular flexibility index (Phi) is 4.20. The van der Waals surface area contributed by atoms with Crippen LogP contribution in [0.2, 0.25) is 0 Å². The monoisotopic (exact) mass is 248 g/mol. The van der Waals surface area contributed by atoms with E-state index in [-0.39, 0.29) is 11.8 Å². The number of hydrogen-bond donors (Lipinski definition) is 3. The molecule has 0 atom stereocenters. The van der Waals surface area contributed by atoms with Gasteiger partial charge in [0.25, 0.3) is 0 Å². The highest BCUT2D eigenvalue weighted by atomic mass is 16.5. The van der Waals surface area contributed by atoms with E-state index in [1.807, 2.05) is 0 Å². The molecule has 0 aliphatic carbocycles.